The number of anilines is 1. The summed E-state index contributed by atoms with van der Waals surface area (Å²) in [5.41, 5.74) is 9.77. The Morgan fingerprint density at radius 2 is 1.90 bits per heavy atom. The third-order valence-electron chi connectivity index (χ3n) is 3.24. The van der Waals surface area contributed by atoms with E-state index in [0.29, 0.717) is 6.54 Å². The second-order valence-electron chi connectivity index (χ2n) is 4.72. The molecule has 0 aliphatic heterocycles. The van der Waals surface area contributed by atoms with Crippen LogP contribution in [-0.2, 0) is 6.54 Å². The average Bonchev–Trinajstić information content (AvgIpc) is 2.91. The van der Waals surface area contributed by atoms with Gasteiger partial charge in [-0.3, -0.25) is 0 Å². The number of nitrogens with zero attached hydrogens (tertiary/aromatic N) is 4. The minimum atomic E-state index is 0.645. The van der Waals surface area contributed by atoms with Gasteiger partial charge in [0.15, 0.2) is 5.82 Å². The van der Waals surface area contributed by atoms with Gasteiger partial charge in [-0.15, -0.1) is 5.10 Å². The fraction of sp³-hybridized carbons (Fsp3) is 0.133. The first-order chi connectivity index (χ1) is 9.74. The molecule has 0 atom stereocenters. The second-order valence-corrected chi connectivity index (χ2v) is 4.72. The Labute approximate surface area is 117 Å². The molecule has 3 rings (SSSR count). The van der Waals surface area contributed by atoms with E-state index in [1.165, 1.54) is 0 Å². The molecule has 0 amide bonds. The molecule has 20 heavy (non-hydrogen) atoms. The third-order valence-corrected chi connectivity index (χ3v) is 3.24. The minimum Gasteiger partial charge on any atom is -0.399 e. The van der Waals surface area contributed by atoms with Gasteiger partial charge in [0.2, 0.25) is 0 Å². The molecule has 1 heterocycles. The zero-order chi connectivity index (χ0) is 13.9. The zero-order valence-corrected chi connectivity index (χ0v) is 11.2. The predicted octanol–water partition coefficient (Wildman–Crippen LogP) is 2.28. The smallest absolute Gasteiger partial charge is 0.182 e. The van der Waals surface area contributed by atoms with E-state index in [2.05, 4.69) is 27.7 Å². The lowest BCUT2D eigenvalue weighted by molar-refractivity contribution is 0.653. The van der Waals surface area contributed by atoms with E-state index >= 15 is 0 Å². The van der Waals surface area contributed by atoms with Gasteiger partial charge in [-0.25, -0.2) is 4.68 Å². The highest BCUT2D eigenvalue weighted by atomic mass is 15.5. The molecule has 100 valence electrons. The van der Waals surface area contributed by atoms with Crippen LogP contribution in [0, 0.1) is 6.92 Å². The number of tetrazole rings is 1. The Morgan fingerprint density at radius 3 is 2.65 bits per heavy atom. The lowest BCUT2D eigenvalue weighted by atomic mass is 10.1. The normalized spacial score (nSPS) is 10.7. The molecule has 2 aromatic carbocycles. The van der Waals surface area contributed by atoms with Gasteiger partial charge in [-0.2, -0.15) is 0 Å². The molecule has 5 heteroatoms. The Morgan fingerprint density at radius 1 is 1.10 bits per heavy atom. The molecule has 0 saturated heterocycles. The van der Waals surface area contributed by atoms with Crippen LogP contribution in [0.1, 0.15) is 11.1 Å². The summed E-state index contributed by atoms with van der Waals surface area (Å²) < 4.78 is 1.79. The van der Waals surface area contributed by atoms with E-state index in [1.807, 2.05) is 43.3 Å². The van der Waals surface area contributed by atoms with Crippen LogP contribution in [0.4, 0.5) is 5.69 Å². The lowest BCUT2D eigenvalue weighted by Crippen LogP contribution is -2.04. The first-order valence-corrected chi connectivity index (χ1v) is 6.40. The molecular formula is C15H15N5. The maximum absolute atomic E-state index is 5.85. The Balaban J connectivity index is 1.95. The fourth-order valence-electron chi connectivity index (χ4n) is 2.09. The fourth-order valence-corrected chi connectivity index (χ4v) is 2.09. The second kappa shape index (κ2) is 5.13. The molecule has 2 N–H and O–H groups in total. The van der Waals surface area contributed by atoms with Crippen LogP contribution in [0.2, 0.25) is 0 Å². The largest absolute Gasteiger partial charge is 0.399 e. The summed E-state index contributed by atoms with van der Waals surface area (Å²) in [7, 11) is 0. The first kappa shape index (κ1) is 12.3. The Kier molecular flexibility index (Phi) is 3.16. The Bertz CT molecular complexity index is 718. The van der Waals surface area contributed by atoms with Crippen molar-refractivity contribution in [2.75, 3.05) is 5.73 Å². The van der Waals surface area contributed by atoms with Crippen molar-refractivity contribution < 1.29 is 0 Å². The molecule has 0 radical (unpaired) electrons. The van der Waals surface area contributed by atoms with Crippen molar-refractivity contribution in [1.82, 2.24) is 20.2 Å². The number of aryl methyl sites for hydroxylation is 1. The van der Waals surface area contributed by atoms with Crippen molar-refractivity contribution in [3.8, 4) is 11.4 Å². The van der Waals surface area contributed by atoms with E-state index in [4.69, 9.17) is 5.73 Å². The van der Waals surface area contributed by atoms with Crippen molar-refractivity contribution in [3.05, 3.63) is 59.7 Å². The molecule has 0 unspecified atom stereocenters. The van der Waals surface area contributed by atoms with E-state index in [-0.39, 0.29) is 0 Å². The van der Waals surface area contributed by atoms with Crippen LogP contribution in [-0.4, -0.2) is 20.2 Å². The summed E-state index contributed by atoms with van der Waals surface area (Å²) in [6.07, 6.45) is 0. The van der Waals surface area contributed by atoms with Gasteiger partial charge in [0.05, 0.1) is 6.54 Å². The Hall–Kier alpha value is -2.69. The molecule has 1 aromatic heterocycles. The number of hydrogen-bond donors (Lipinski definition) is 1. The highest BCUT2D eigenvalue weighted by Gasteiger charge is 2.10. The quantitative estimate of drug-likeness (QED) is 0.738. The lowest BCUT2D eigenvalue weighted by Gasteiger charge is -2.06. The molecule has 0 saturated carbocycles. The minimum absolute atomic E-state index is 0.645. The average molecular weight is 265 g/mol. The summed E-state index contributed by atoms with van der Waals surface area (Å²) in [6, 6.07) is 15.9. The van der Waals surface area contributed by atoms with Crippen LogP contribution in [0.15, 0.2) is 48.5 Å². The molecule has 0 spiro atoms. The van der Waals surface area contributed by atoms with Gasteiger partial charge in [0.1, 0.15) is 0 Å². The van der Waals surface area contributed by atoms with Crippen molar-refractivity contribution in [2.45, 2.75) is 13.5 Å². The highest BCUT2D eigenvalue weighted by molar-refractivity contribution is 5.61. The van der Waals surface area contributed by atoms with E-state index in [0.717, 1.165) is 28.2 Å². The van der Waals surface area contributed by atoms with Gasteiger partial charge < -0.3 is 5.73 Å². The SMILES string of the molecule is Cc1cc(-c2nnnn2Cc2ccccc2)ccc1N. The first-order valence-electron chi connectivity index (χ1n) is 6.40. The van der Waals surface area contributed by atoms with Crippen molar-refractivity contribution in [1.29, 1.82) is 0 Å². The van der Waals surface area contributed by atoms with Gasteiger partial charge >= 0.3 is 0 Å². The number of hydrogen-bond acceptors (Lipinski definition) is 4. The van der Waals surface area contributed by atoms with Crippen LogP contribution >= 0.6 is 0 Å². The van der Waals surface area contributed by atoms with Gasteiger partial charge in [-0.1, -0.05) is 30.3 Å². The molecule has 0 fully saturated rings. The number of rotatable bonds is 3. The summed E-state index contributed by atoms with van der Waals surface area (Å²) in [5, 5.41) is 12.0. The topological polar surface area (TPSA) is 69.6 Å². The highest BCUT2D eigenvalue weighted by Crippen LogP contribution is 2.21. The predicted molar refractivity (Wildman–Crippen MR) is 77.9 cm³/mol. The molecule has 0 bridgehead atoms. The zero-order valence-electron chi connectivity index (χ0n) is 11.2. The maximum atomic E-state index is 5.85. The van der Waals surface area contributed by atoms with Crippen LogP contribution < -0.4 is 5.73 Å². The van der Waals surface area contributed by atoms with Crippen LogP contribution in [0.5, 0.6) is 0 Å². The van der Waals surface area contributed by atoms with Crippen LogP contribution in [0.25, 0.3) is 11.4 Å². The molecule has 3 aromatic rings. The summed E-state index contributed by atoms with van der Waals surface area (Å²) >= 11 is 0. The van der Waals surface area contributed by atoms with E-state index in [9.17, 15) is 0 Å². The van der Waals surface area contributed by atoms with Gasteiger partial charge in [-0.05, 0) is 46.7 Å². The number of nitrogens with two attached hydrogens (primary N) is 1. The third kappa shape index (κ3) is 2.38. The summed E-state index contributed by atoms with van der Waals surface area (Å²) in [4.78, 5) is 0. The standard InChI is InChI=1S/C15H15N5/c1-11-9-13(7-8-14(11)16)15-17-18-19-20(15)10-12-5-3-2-4-6-12/h2-9H,10,16H2,1H3. The summed E-state index contributed by atoms with van der Waals surface area (Å²) in [5.74, 6) is 0.747. The molecule has 5 nitrogen and oxygen atoms in total. The van der Waals surface area contributed by atoms with E-state index in [1.54, 1.807) is 4.68 Å². The molecular weight excluding hydrogens is 250 g/mol. The number of benzene rings is 2. The molecule has 0 aliphatic rings. The number of aromatic nitrogens is 4. The van der Waals surface area contributed by atoms with Crippen molar-refractivity contribution in [2.24, 2.45) is 0 Å². The van der Waals surface area contributed by atoms with E-state index < -0.39 is 0 Å². The van der Waals surface area contributed by atoms with Gasteiger partial charge in [0, 0.05) is 11.3 Å². The van der Waals surface area contributed by atoms with Crippen molar-refractivity contribution >= 4 is 5.69 Å². The summed E-state index contributed by atoms with van der Waals surface area (Å²) in [6.45, 7) is 2.62. The maximum Gasteiger partial charge on any atom is 0.182 e. The molecule has 0 aliphatic carbocycles. The van der Waals surface area contributed by atoms with Crippen LogP contribution in [0.3, 0.4) is 0 Å². The monoisotopic (exact) mass is 265 g/mol. The van der Waals surface area contributed by atoms with Gasteiger partial charge in [0.25, 0.3) is 0 Å². The number of nitrogen functional groups attached to an aromatic ring is 1. The van der Waals surface area contributed by atoms with Crippen molar-refractivity contribution in [3.63, 3.8) is 0 Å².